The maximum Gasteiger partial charge on any atom is 0.325 e. The quantitative estimate of drug-likeness (QED) is 0.731. The van der Waals surface area contributed by atoms with Crippen molar-refractivity contribution in [2.24, 2.45) is 7.05 Å². The summed E-state index contributed by atoms with van der Waals surface area (Å²) in [6.45, 7) is 5.38. The average Bonchev–Trinajstić information content (AvgIpc) is 2.97. The first kappa shape index (κ1) is 19.2. The lowest BCUT2D eigenvalue weighted by atomic mass is 10.1. The number of aryl methyl sites for hydroxylation is 1. The van der Waals surface area contributed by atoms with E-state index in [9.17, 15) is 14.4 Å². The molecule has 1 aromatic carbocycles. The molecule has 0 saturated heterocycles. The Morgan fingerprint density at radius 3 is 2.19 bits per heavy atom. The molecule has 1 heterocycles. The molecule has 0 saturated carbocycles. The van der Waals surface area contributed by atoms with Crippen LogP contribution >= 0.6 is 0 Å². The lowest BCUT2D eigenvalue weighted by Crippen LogP contribution is -2.38. The molecule has 8 nitrogen and oxygen atoms in total. The molecule has 3 N–H and O–H groups in total. The Morgan fingerprint density at radius 1 is 1.08 bits per heavy atom. The number of anilines is 1. The van der Waals surface area contributed by atoms with Crippen LogP contribution in [-0.2, 0) is 11.8 Å². The van der Waals surface area contributed by atoms with E-state index in [0.29, 0.717) is 16.9 Å². The molecular formula is C18H22N4O4. The molecule has 0 aliphatic carbocycles. The Bertz CT molecular complexity index is 824. The highest BCUT2D eigenvalue weighted by Gasteiger charge is 2.17. The maximum atomic E-state index is 12.4. The molecular weight excluding hydrogens is 336 g/mol. The maximum absolute atomic E-state index is 12.4. The summed E-state index contributed by atoms with van der Waals surface area (Å²) in [5.74, 6) is -1.69. The zero-order valence-corrected chi connectivity index (χ0v) is 15.1. The van der Waals surface area contributed by atoms with Gasteiger partial charge in [-0.05, 0) is 43.2 Å². The third-order valence-corrected chi connectivity index (χ3v) is 3.85. The van der Waals surface area contributed by atoms with E-state index in [2.05, 4.69) is 15.7 Å². The summed E-state index contributed by atoms with van der Waals surface area (Å²) in [7, 11) is 1.71. The number of carbonyl (C=O) groups is 3. The van der Waals surface area contributed by atoms with E-state index in [1.54, 1.807) is 25.2 Å². The van der Waals surface area contributed by atoms with Crippen molar-refractivity contribution in [3.63, 3.8) is 0 Å². The third kappa shape index (κ3) is 4.47. The van der Waals surface area contributed by atoms with E-state index in [4.69, 9.17) is 5.11 Å². The first-order valence-corrected chi connectivity index (χ1v) is 8.18. The fourth-order valence-electron chi connectivity index (χ4n) is 2.23. The van der Waals surface area contributed by atoms with Crippen LogP contribution in [0.3, 0.4) is 0 Å². The van der Waals surface area contributed by atoms with E-state index < -0.39 is 17.9 Å². The number of nitrogens with one attached hydrogen (secondary N) is 2. The van der Waals surface area contributed by atoms with Gasteiger partial charge in [-0.15, -0.1) is 0 Å². The molecule has 0 bridgehead atoms. The van der Waals surface area contributed by atoms with Crippen molar-refractivity contribution in [1.82, 2.24) is 15.1 Å². The Balaban J connectivity index is 2.06. The van der Waals surface area contributed by atoms with Gasteiger partial charge in [0.1, 0.15) is 11.7 Å². The Hall–Kier alpha value is -3.16. The number of aliphatic carboxylic acids is 1. The van der Waals surface area contributed by atoms with E-state index in [0.717, 1.165) is 5.69 Å². The van der Waals surface area contributed by atoms with Gasteiger partial charge in [0.15, 0.2) is 0 Å². The number of hydrogen-bond acceptors (Lipinski definition) is 4. The molecule has 2 aromatic rings. The lowest BCUT2D eigenvalue weighted by molar-refractivity contribution is -0.138. The highest BCUT2D eigenvalue weighted by atomic mass is 16.4. The van der Waals surface area contributed by atoms with Crippen molar-refractivity contribution in [1.29, 1.82) is 0 Å². The molecule has 0 fully saturated rings. The van der Waals surface area contributed by atoms with Crippen molar-refractivity contribution >= 4 is 23.5 Å². The van der Waals surface area contributed by atoms with E-state index in [1.807, 2.05) is 13.8 Å². The van der Waals surface area contributed by atoms with E-state index in [-0.39, 0.29) is 11.8 Å². The molecule has 0 radical (unpaired) electrons. The molecule has 2 rings (SSSR count). The number of rotatable bonds is 6. The zero-order chi connectivity index (χ0) is 19.4. The lowest BCUT2D eigenvalue weighted by Gasteiger charge is -2.10. The van der Waals surface area contributed by atoms with Crippen molar-refractivity contribution in [3.8, 4) is 0 Å². The number of carbonyl (C=O) groups excluding carboxylic acids is 2. The summed E-state index contributed by atoms with van der Waals surface area (Å²) in [6, 6.07) is 6.96. The van der Waals surface area contributed by atoms with Crippen LogP contribution in [0.25, 0.3) is 0 Å². The number of carboxylic acid groups (broad SMARTS) is 1. The monoisotopic (exact) mass is 358 g/mol. The highest BCUT2D eigenvalue weighted by Crippen LogP contribution is 2.16. The van der Waals surface area contributed by atoms with Crippen LogP contribution in [0.1, 0.15) is 53.2 Å². The molecule has 1 unspecified atom stereocenters. The normalized spacial score (nSPS) is 11.9. The number of aromatic nitrogens is 2. The van der Waals surface area contributed by atoms with Crippen LogP contribution in [0, 0.1) is 0 Å². The van der Waals surface area contributed by atoms with Gasteiger partial charge in [0.25, 0.3) is 11.8 Å². The van der Waals surface area contributed by atoms with Gasteiger partial charge in [0.05, 0.1) is 5.69 Å². The molecule has 2 amide bonds. The number of amides is 2. The highest BCUT2D eigenvalue weighted by molar-refractivity contribution is 6.03. The first-order chi connectivity index (χ1) is 12.2. The van der Waals surface area contributed by atoms with Gasteiger partial charge in [-0.2, -0.15) is 5.10 Å². The van der Waals surface area contributed by atoms with Crippen LogP contribution in [0.4, 0.5) is 5.69 Å². The Labute approximate surface area is 151 Å². The van der Waals surface area contributed by atoms with E-state index >= 15 is 0 Å². The van der Waals surface area contributed by atoms with Gasteiger partial charge in [0.2, 0.25) is 0 Å². The number of benzene rings is 1. The summed E-state index contributed by atoms with van der Waals surface area (Å²) in [5.41, 5.74) is 2.09. The van der Waals surface area contributed by atoms with Crippen molar-refractivity contribution < 1.29 is 19.5 Å². The van der Waals surface area contributed by atoms with Gasteiger partial charge < -0.3 is 15.7 Å². The van der Waals surface area contributed by atoms with Crippen molar-refractivity contribution in [2.45, 2.75) is 32.7 Å². The SMILES string of the molecule is CC(NC(=O)c1ccc(NC(=O)c2cc(C(C)C)nn2C)cc1)C(=O)O. The first-order valence-electron chi connectivity index (χ1n) is 8.18. The second kappa shape index (κ2) is 7.81. The predicted molar refractivity (Wildman–Crippen MR) is 96.3 cm³/mol. The summed E-state index contributed by atoms with van der Waals surface area (Å²) in [5, 5.41) is 18.2. The molecule has 138 valence electrons. The summed E-state index contributed by atoms with van der Waals surface area (Å²) in [6.07, 6.45) is 0. The molecule has 26 heavy (non-hydrogen) atoms. The number of carboxylic acids is 1. The fourth-order valence-corrected chi connectivity index (χ4v) is 2.23. The van der Waals surface area contributed by atoms with Crippen LogP contribution in [-0.4, -0.2) is 38.7 Å². The van der Waals surface area contributed by atoms with Crippen LogP contribution < -0.4 is 10.6 Å². The third-order valence-electron chi connectivity index (χ3n) is 3.85. The van der Waals surface area contributed by atoms with Crippen LogP contribution in [0.5, 0.6) is 0 Å². The summed E-state index contributed by atoms with van der Waals surface area (Å²) >= 11 is 0. The predicted octanol–water partition coefficient (Wildman–Crippen LogP) is 2.00. The minimum atomic E-state index is -1.11. The zero-order valence-electron chi connectivity index (χ0n) is 15.1. The minimum Gasteiger partial charge on any atom is -0.480 e. The number of hydrogen-bond donors (Lipinski definition) is 3. The molecule has 0 spiro atoms. The Morgan fingerprint density at radius 2 is 1.69 bits per heavy atom. The molecule has 0 aliphatic rings. The van der Waals surface area contributed by atoms with Gasteiger partial charge in [-0.3, -0.25) is 19.1 Å². The number of nitrogens with zero attached hydrogens (tertiary/aromatic N) is 2. The summed E-state index contributed by atoms with van der Waals surface area (Å²) < 4.78 is 1.53. The van der Waals surface area contributed by atoms with Gasteiger partial charge in [-0.1, -0.05) is 13.8 Å². The molecule has 0 aliphatic heterocycles. The molecule has 8 heteroatoms. The van der Waals surface area contributed by atoms with Crippen molar-refractivity contribution in [2.75, 3.05) is 5.32 Å². The Kier molecular flexibility index (Phi) is 5.76. The van der Waals surface area contributed by atoms with Gasteiger partial charge in [0, 0.05) is 18.3 Å². The van der Waals surface area contributed by atoms with Crippen LogP contribution in [0.2, 0.25) is 0 Å². The smallest absolute Gasteiger partial charge is 0.325 e. The van der Waals surface area contributed by atoms with Gasteiger partial charge >= 0.3 is 5.97 Å². The standard InChI is InChI=1S/C18H22N4O4/c1-10(2)14-9-15(22(4)21-14)17(24)20-13-7-5-12(6-8-13)16(23)19-11(3)18(25)26/h5-11H,1-4H3,(H,19,23)(H,20,24)(H,25,26). The van der Waals surface area contributed by atoms with E-state index in [1.165, 1.54) is 23.7 Å². The average molecular weight is 358 g/mol. The second-order valence-corrected chi connectivity index (χ2v) is 6.30. The van der Waals surface area contributed by atoms with Crippen LogP contribution in [0.15, 0.2) is 30.3 Å². The topological polar surface area (TPSA) is 113 Å². The second-order valence-electron chi connectivity index (χ2n) is 6.30. The fraction of sp³-hybridized carbons (Fsp3) is 0.333. The molecule has 1 atom stereocenters. The van der Waals surface area contributed by atoms with Gasteiger partial charge in [-0.25, -0.2) is 0 Å². The largest absolute Gasteiger partial charge is 0.480 e. The summed E-state index contributed by atoms with van der Waals surface area (Å²) in [4.78, 5) is 35.1. The molecule has 1 aromatic heterocycles. The minimum absolute atomic E-state index is 0.216. The van der Waals surface area contributed by atoms with Crippen molar-refractivity contribution in [3.05, 3.63) is 47.3 Å².